The lowest BCUT2D eigenvalue weighted by molar-refractivity contribution is 0.416. The molecule has 0 heterocycles. The van der Waals surface area contributed by atoms with Gasteiger partial charge in [0.25, 0.3) is 0 Å². The number of phenols is 1. The monoisotopic (exact) mass is 426 g/mol. The van der Waals surface area contributed by atoms with E-state index in [1.165, 1.54) is 0 Å². The molecular weight excluding hydrogens is 404 g/mol. The smallest absolute Gasteiger partial charge is 0.150 e. The number of aromatic hydroxyl groups is 1. The van der Waals surface area contributed by atoms with E-state index >= 15 is 0 Å². The van der Waals surface area contributed by atoms with Crippen LogP contribution < -0.4 is 16.2 Å². The molecule has 0 spiro atoms. The first-order valence-electron chi connectivity index (χ1n) is 9.83. The summed E-state index contributed by atoms with van der Waals surface area (Å²) in [5, 5.41) is 29.1. The number of hydrogen-bond acceptors (Lipinski definition) is 8. The highest BCUT2D eigenvalue weighted by Crippen LogP contribution is 2.39. The van der Waals surface area contributed by atoms with Gasteiger partial charge in [-0.1, -0.05) is 12.1 Å². The number of aryl methyl sites for hydroxylation is 1. The number of nitrogens with two attached hydrogens (primary N) is 2. The second-order valence-electron chi connectivity index (χ2n) is 7.22. The van der Waals surface area contributed by atoms with Gasteiger partial charge in [0, 0.05) is 22.8 Å². The van der Waals surface area contributed by atoms with Crippen molar-refractivity contribution in [1.82, 2.24) is 0 Å². The molecule has 0 bridgehead atoms. The zero-order chi connectivity index (χ0) is 22.7. The van der Waals surface area contributed by atoms with Gasteiger partial charge in [0.15, 0.2) is 5.75 Å². The molecule has 32 heavy (non-hydrogen) atoms. The Morgan fingerprint density at radius 2 is 1.38 bits per heavy atom. The number of hydrogen-bond donors (Lipinski definition) is 3. The summed E-state index contributed by atoms with van der Waals surface area (Å²) in [7, 11) is 1.54. The number of nitrogens with zero attached hydrogens (tertiary/aromatic N) is 4. The Balaban J connectivity index is 1.65. The highest BCUT2D eigenvalue weighted by Gasteiger charge is 2.10. The lowest BCUT2D eigenvalue weighted by atomic mass is 10.1. The predicted octanol–water partition coefficient (Wildman–Crippen LogP) is 6.86. The Labute approximate surface area is 184 Å². The molecule has 0 aromatic heterocycles. The number of ether oxygens (including phenoxy) is 1. The van der Waals surface area contributed by atoms with Crippen molar-refractivity contribution in [2.24, 2.45) is 20.5 Å². The quantitative estimate of drug-likeness (QED) is 0.238. The second kappa shape index (κ2) is 8.73. The van der Waals surface area contributed by atoms with Crippen molar-refractivity contribution in [2.75, 3.05) is 18.6 Å². The molecule has 0 radical (unpaired) electrons. The summed E-state index contributed by atoms with van der Waals surface area (Å²) in [5.74, 6) is 0.498. The van der Waals surface area contributed by atoms with Crippen molar-refractivity contribution in [3.63, 3.8) is 0 Å². The number of rotatable bonds is 5. The molecule has 0 fully saturated rings. The summed E-state index contributed by atoms with van der Waals surface area (Å²) in [6.45, 7) is 1.89. The first-order valence-corrected chi connectivity index (χ1v) is 9.83. The molecule has 8 nitrogen and oxygen atoms in total. The van der Waals surface area contributed by atoms with Gasteiger partial charge in [-0.25, -0.2) is 0 Å². The average Bonchev–Trinajstić information content (AvgIpc) is 2.79. The van der Waals surface area contributed by atoms with Crippen LogP contribution in [0.25, 0.3) is 10.8 Å². The molecule has 160 valence electrons. The molecule has 4 aromatic rings. The fourth-order valence-corrected chi connectivity index (χ4v) is 3.16. The summed E-state index contributed by atoms with van der Waals surface area (Å²) in [6, 6.07) is 19.5. The van der Waals surface area contributed by atoms with Crippen molar-refractivity contribution < 1.29 is 9.84 Å². The van der Waals surface area contributed by atoms with Crippen LogP contribution in [0.1, 0.15) is 5.56 Å². The molecule has 4 rings (SSSR count). The Morgan fingerprint density at radius 1 is 0.719 bits per heavy atom. The van der Waals surface area contributed by atoms with E-state index < -0.39 is 0 Å². The molecule has 0 atom stereocenters. The maximum atomic E-state index is 10.6. The third-order valence-corrected chi connectivity index (χ3v) is 4.93. The molecular formula is C24H22N6O2. The molecule has 0 aliphatic rings. The summed E-state index contributed by atoms with van der Waals surface area (Å²) < 4.78 is 5.46. The van der Waals surface area contributed by atoms with Crippen LogP contribution in [0.4, 0.5) is 34.1 Å². The fraction of sp³-hybridized carbons (Fsp3) is 0.0833. The van der Waals surface area contributed by atoms with E-state index in [2.05, 4.69) is 20.5 Å². The van der Waals surface area contributed by atoms with Gasteiger partial charge in [0.05, 0.1) is 18.5 Å². The minimum Gasteiger partial charge on any atom is -0.505 e. The number of anilines is 2. The Morgan fingerprint density at radius 3 is 2.12 bits per heavy atom. The van der Waals surface area contributed by atoms with E-state index in [0.29, 0.717) is 45.3 Å². The minimum absolute atomic E-state index is 0.0168. The van der Waals surface area contributed by atoms with Gasteiger partial charge in [-0.15, -0.1) is 10.2 Å². The number of phenolic OH excluding ortho intramolecular Hbond substituents is 1. The first-order chi connectivity index (χ1) is 15.4. The van der Waals surface area contributed by atoms with Crippen molar-refractivity contribution in [3.05, 3.63) is 72.3 Å². The van der Waals surface area contributed by atoms with Crippen LogP contribution in [-0.2, 0) is 0 Å². The normalized spacial score (nSPS) is 11.6. The molecule has 8 heteroatoms. The van der Waals surface area contributed by atoms with Crippen LogP contribution in [0.2, 0.25) is 0 Å². The summed E-state index contributed by atoms with van der Waals surface area (Å²) in [5.41, 5.74) is 15.8. The molecule has 0 saturated heterocycles. The summed E-state index contributed by atoms with van der Waals surface area (Å²) in [4.78, 5) is 0. The van der Waals surface area contributed by atoms with Gasteiger partial charge in [0.1, 0.15) is 17.1 Å². The molecule has 0 amide bonds. The van der Waals surface area contributed by atoms with E-state index in [1.54, 1.807) is 61.7 Å². The number of azo groups is 2. The average molecular weight is 426 g/mol. The molecule has 0 unspecified atom stereocenters. The molecule has 4 aromatic carbocycles. The molecule has 0 aliphatic heterocycles. The minimum atomic E-state index is 0.0168. The Hall–Kier alpha value is -4.46. The Bertz CT molecular complexity index is 1350. The van der Waals surface area contributed by atoms with Gasteiger partial charge in [-0.3, -0.25) is 0 Å². The molecule has 0 saturated carbocycles. The third kappa shape index (κ3) is 4.34. The van der Waals surface area contributed by atoms with Crippen LogP contribution in [0, 0.1) is 6.92 Å². The lowest BCUT2D eigenvalue weighted by Gasteiger charge is -2.08. The summed E-state index contributed by atoms with van der Waals surface area (Å²) >= 11 is 0. The highest BCUT2D eigenvalue weighted by atomic mass is 16.5. The molecule has 5 N–H and O–H groups in total. The zero-order valence-electron chi connectivity index (χ0n) is 17.6. The fourth-order valence-electron chi connectivity index (χ4n) is 3.16. The van der Waals surface area contributed by atoms with Crippen LogP contribution in [-0.4, -0.2) is 12.2 Å². The van der Waals surface area contributed by atoms with Crippen molar-refractivity contribution in [1.29, 1.82) is 0 Å². The predicted molar refractivity (Wildman–Crippen MR) is 127 cm³/mol. The van der Waals surface area contributed by atoms with Gasteiger partial charge in [0.2, 0.25) is 0 Å². The maximum Gasteiger partial charge on any atom is 0.150 e. The highest BCUT2D eigenvalue weighted by molar-refractivity contribution is 5.94. The zero-order valence-corrected chi connectivity index (χ0v) is 17.6. The van der Waals surface area contributed by atoms with Crippen molar-refractivity contribution in [2.45, 2.75) is 6.92 Å². The Kier molecular flexibility index (Phi) is 5.67. The van der Waals surface area contributed by atoms with E-state index in [9.17, 15) is 5.11 Å². The van der Waals surface area contributed by atoms with E-state index in [4.69, 9.17) is 16.2 Å². The van der Waals surface area contributed by atoms with E-state index in [1.807, 2.05) is 19.1 Å². The van der Waals surface area contributed by atoms with Crippen LogP contribution in [0.5, 0.6) is 11.5 Å². The molecule has 0 aliphatic carbocycles. The van der Waals surface area contributed by atoms with Gasteiger partial charge in [-0.2, -0.15) is 10.2 Å². The SMILES string of the molecule is COc1cc(N=Nc2ccc(N)cc2)c(C)cc1N=Nc1ccc2ccc(N)cc2c1O. The largest absolute Gasteiger partial charge is 0.505 e. The third-order valence-electron chi connectivity index (χ3n) is 4.93. The lowest BCUT2D eigenvalue weighted by Crippen LogP contribution is -1.85. The number of methoxy groups -OCH3 is 1. The first kappa shape index (κ1) is 20.8. The number of nitrogen functional groups attached to an aromatic ring is 2. The van der Waals surface area contributed by atoms with Gasteiger partial charge < -0.3 is 21.3 Å². The maximum absolute atomic E-state index is 10.6. The van der Waals surface area contributed by atoms with Crippen LogP contribution in [0.3, 0.4) is 0 Å². The number of benzene rings is 4. The van der Waals surface area contributed by atoms with Gasteiger partial charge >= 0.3 is 0 Å². The second-order valence-corrected chi connectivity index (χ2v) is 7.22. The summed E-state index contributed by atoms with van der Waals surface area (Å²) in [6.07, 6.45) is 0. The van der Waals surface area contributed by atoms with Gasteiger partial charge in [-0.05, 0) is 66.4 Å². The topological polar surface area (TPSA) is 131 Å². The van der Waals surface area contributed by atoms with Crippen molar-refractivity contribution >= 4 is 44.9 Å². The van der Waals surface area contributed by atoms with Crippen LogP contribution in [0.15, 0.2) is 87.2 Å². The van der Waals surface area contributed by atoms with E-state index in [-0.39, 0.29) is 5.75 Å². The number of fused-ring (bicyclic) bond motifs is 1. The van der Waals surface area contributed by atoms with Crippen LogP contribution >= 0.6 is 0 Å². The van der Waals surface area contributed by atoms with E-state index in [0.717, 1.165) is 10.9 Å². The standard InChI is InChI=1S/C24H22N6O2/c1-14-11-22(23(32-2)13-21(14)29-27-18-8-6-16(25)7-9-18)30-28-20-10-4-15-3-5-17(26)12-19(15)24(20)31/h3-13,31H,25-26H2,1-2H3. The van der Waals surface area contributed by atoms with Crippen molar-refractivity contribution in [3.8, 4) is 11.5 Å².